The van der Waals surface area contributed by atoms with Gasteiger partial charge < -0.3 is 20.2 Å². The minimum absolute atomic E-state index is 0.187. The maximum absolute atomic E-state index is 11.0. The van der Waals surface area contributed by atoms with Crippen LogP contribution in [0.4, 0.5) is 16.3 Å². The van der Waals surface area contributed by atoms with Crippen LogP contribution in [-0.2, 0) is 0 Å². The highest BCUT2D eigenvalue weighted by atomic mass is 16.4. The van der Waals surface area contributed by atoms with E-state index >= 15 is 0 Å². The second-order valence-electron chi connectivity index (χ2n) is 6.91. The molecule has 1 amide bonds. The van der Waals surface area contributed by atoms with Gasteiger partial charge in [-0.15, -0.1) is 0 Å². The first-order valence-corrected chi connectivity index (χ1v) is 8.83. The molecule has 140 valence electrons. The van der Waals surface area contributed by atoms with E-state index < -0.39 is 6.09 Å². The SMILES string of the molecule is C[C@@H](CN1CCN(C(=O)O)CC1)Nc1ncnc2c(N(C)C)cccc12. The maximum atomic E-state index is 11.0. The fraction of sp³-hybridized carbons (Fsp3) is 0.500. The predicted molar refractivity (Wildman–Crippen MR) is 103 cm³/mol. The molecular weight excluding hydrogens is 332 g/mol. The molecule has 8 heteroatoms. The predicted octanol–water partition coefficient (Wildman–Crippen LogP) is 1.79. The smallest absolute Gasteiger partial charge is 0.407 e. The Hall–Kier alpha value is -2.61. The van der Waals surface area contributed by atoms with Crippen molar-refractivity contribution >= 4 is 28.5 Å². The Balaban J connectivity index is 1.67. The fourth-order valence-electron chi connectivity index (χ4n) is 3.34. The number of carboxylic acid groups (broad SMARTS) is 1. The van der Waals surface area contributed by atoms with E-state index in [-0.39, 0.29) is 6.04 Å². The zero-order valence-electron chi connectivity index (χ0n) is 15.5. The highest BCUT2D eigenvalue weighted by molar-refractivity contribution is 5.97. The summed E-state index contributed by atoms with van der Waals surface area (Å²) in [5.41, 5.74) is 1.99. The van der Waals surface area contributed by atoms with Crippen LogP contribution in [0.1, 0.15) is 6.92 Å². The van der Waals surface area contributed by atoms with Crippen molar-refractivity contribution in [2.75, 3.05) is 57.0 Å². The topological polar surface area (TPSA) is 84.8 Å². The van der Waals surface area contributed by atoms with Crippen molar-refractivity contribution < 1.29 is 9.90 Å². The van der Waals surface area contributed by atoms with Crippen LogP contribution in [0.15, 0.2) is 24.5 Å². The van der Waals surface area contributed by atoms with Gasteiger partial charge in [0.25, 0.3) is 0 Å². The Bertz CT molecular complexity index is 773. The number of carbonyl (C=O) groups is 1. The summed E-state index contributed by atoms with van der Waals surface area (Å²) in [5.74, 6) is 0.829. The van der Waals surface area contributed by atoms with Crippen molar-refractivity contribution in [1.82, 2.24) is 19.8 Å². The summed E-state index contributed by atoms with van der Waals surface area (Å²) in [6.45, 7) is 5.59. The van der Waals surface area contributed by atoms with E-state index in [9.17, 15) is 4.79 Å². The molecule has 2 N–H and O–H groups in total. The van der Waals surface area contributed by atoms with Gasteiger partial charge in [-0.25, -0.2) is 14.8 Å². The third-order valence-corrected chi connectivity index (χ3v) is 4.68. The molecular formula is C18H26N6O2. The number of benzene rings is 1. The maximum Gasteiger partial charge on any atom is 0.407 e. The third kappa shape index (κ3) is 3.96. The van der Waals surface area contributed by atoms with Crippen molar-refractivity contribution in [3.05, 3.63) is 24.5 Å². The lowest BCUT2D eigenvalue weighted by molar-refractivity contribution is 0.104. The number of rotatable bonds is 5. The number of piperazine rings is 1. The van der Waals surface area contributed by atoms with Gasteiger partial charge in [0.15, 0.2) is 0 Å². The van der Waals surface area contributed by atoms with Gasteiger partial charge in [-0.3, -0.25) is 4.90 Å². The van der Waals surface area contributed by atoms with Gasteiger partial charge in [0.1, 0.15) is 12.1 Å². The molecule has 0 radical (unpaired) electrons. The quantitative estimate of drug-likeness (QED) is 0.843. The lowest BCUT2D eigenvalue weighted by atomic mass is 10.2. The molecule has 0 aliphatic carbocycles. The Morgan fingerprint density at radius 2 is 2.00 bits per heavy atom. The molecule has 2 heterocycles. The molecule has 1 atom stereocenters. The first-order chi connectivity index (χ1) is 12.5. The van der Waals surface area contributed by atoms with E-state index in [2.05, 4.69) is 27.1 Å². The minimum Gasteiger partial charge on any atom is -0.465 e. The molecule has 0 bridgehead atoms. The zero-order chi connectivity index (χ0) is 18.7. The van der Waals surface area contributed by atoms with Gasteiger partial charge in [0.05, 0.1) is 11.2 Å². The molecule has 8 nitrogen and oxygen atoms in total. The van der Waals surface area contributed by atoms with E-state index in [4.69, 9.17) is 5.11 Å². The molecule has 1 aliphatic rings. The second-order valence-corrected chi connectivity index (χ2v) is 6.91. The van der Waals surface area contributed by atoms with E-state index in [0.717, 1.165) is 42.0 Å². The highest BCUT2D eigenvalue weighted by Crippen LogP contribution is 2.27. The summed E-state index contributed by atoms with van der Waals surface area (Å²) < 4.78 is 0. The molecule has 0 spiro atoms. The molecule has 26 heavy (non-hydrogen) atoms. The molecule has 1 aromatic carbocycles. The summed E-state index contributed by atoms with van der Waals surface area (Å²) in [4.78, 5) is 25.7. The molecule has 1 aliphatic heterocycles. The van der Waals surface area contributed by atoms with Crippen LogP contribution >= 0.6 is 0 Å². The molecule has 1 fully saturated rings. The average Bonchev–Trinajstić information content (AvgIpc) is 2.61. The first kappa shape index (κ1) is 18.2. The van der Waals surface area contributed by atoms with Crippen molar-refractivity contribution in [3.8, 4) is 0 Å². The summed E-state index contributed by atoms with van der Waals surface area (Å²) >= 11 is 0. The number of hydrogen-bond donors (Lipinski definition) is 2. The Kier molecular flexibility index (Phi) is 5.41. The van der Waals surface area contributed by atoms with E-state index in [0.29, 0.717) is 13.1 Å². The first-order valence-electron chi connectivity index (χ1n) is 8.83. The Labute approximate surface area is 153 Å². The zero-order valence-corrected chi connectivity index (χ0v) is 15.5. The van der Waals surface area contributed by atoms with Crippen LogP contribution in [0.2, 0.25) is 0 Å². The Morgan fingerprint density at radius 1 is 1.27 bits per heavy atom. The van der Waals surface area contributed by atoms with Crippen LogP contribution in [0.3, 0.4) is 0 Å². The van der Waals surface area contributed by atoms with Crippen molar-refractivity contribution in [3.63, 3.8) is 0 Å². The molecule has 1 saturated heterocycles. The van der Waals surface area contributed by atoms with Gasteiger partial charge in [0.2, 0.25) is 0 Å². The second kappa shape index (κ2) is 7.74. The number of hydrogen-bond acceptors (Lipinski definition) is 6. The third-order valence-electron chi connectivity index (χ3n) is 4.68. The molecule has 1 aromatic heterocycles. The van der Waals surface area contributed by atoms with Gasteiger partial charge in [0, 0.05) is 58.2 Å². The molecule has 0 saturated carbocycles. The average molecular weight is 358 g/mol. The summed E-state index contributed by atoms with van der Waals surface area (Å²) in [5, 5.41) is 13.5. The fourth-order valence-corrected chi connectivity index (χ4v) is 3.34. The number of amides is 1. The summed E-state index contributed by atoms with van der Waals surface area (Å²) in [6, 6.07) is 6.28. The van der Waals surface area contributed by atoms with Crippen LogP contribution in [-0.4, -0.2) is 83.8 Å². The normalized spacial score (nSPS) is 16.5. The van der Waals surface area contributed by atoms with Crippen molar-refractivity contribution in [2.45, 2.75) is 13.0 Å². The summed E-state index contributed by atoms with van der Waals surface area (Å²) in [7, 11) is 4.01. The summed E-state index contributed by atoms with van der Waals surface area (Å²) in [6.07, 6.45) is 0.760. The van der Waals surface area contributed by atoms with Crippen LogP contribution in [0.5, 0.6) is 0 Å². The van der Waals surface area contributed by atoms with E-state index in [1.807, 2.05) is 37.2 Å². The van der Waals surface area contributed by atoms with E-state index in [1.165, 1.54) is 4.90 Å². The molecule has 3 rings (SSSR count). The molecule has 0 unspecified atom stereocenters. The standard InChI is InChI=1S/C18H26N6O2/c1-13(11-23-7-9-24(10-8-23)18(25)26)21-17-14-5-4-6-15(22(2)3)16(14)19-12-20-17/h4-6,12-13H,7-11H2,1-3H3,(H,25,26)(H,19,20,21)/t13-/m0/s1. The number of nitrogens with zero attached hydrogens (tertiary/aromatic N) is 5. The van der Waals surface area contributed by atoms with Crippen molar-refractivity contribution in [1.29, 1.82) is 0 Å². The monoisotopic (exact) mass is 358 g/mol. The highest BCUT2D eigenvalue weighted by Gasteiger charge is 2.21. The Morgan fingerprint density at radius 3 is 2.65 bits per heavy atom. The van der Waals surface area contributed by atoms with Crippen molar-refractivity contribution in [2.24, 2.45) is 0 Å². The number of fused-ring (bicyclic) bond motifs is 1. The number of aromatic nitrogens is 2. The molecule has 2 aromatic rings. The lowest BCUT2D eigenvalue weighted by Gasteiger charge is -2.34. The largest absolute Gasteiger partial charge is 0.465 e. The van der Waals surface area contributed by atoms with Gasteiger partial charge in [-0.05, 0) is 19.1 Å². The van der Waals surface area contributed by atoms with Gasteiger partial charge in [-0.2, -0.15) is 0 Å². The van der Waals surface area contributed by atoms with Crippen LogP contribution < -0.4 is 10.2 Å². The number of anilines is 2. The lowest BCUT2D eigenvalue weighted by Crippen LogP contribution is -2.50. The van der Waals surface area contributed by atoms with Gasteiger partial charge >= 0.3 is 6.09 Å². The number of para-hydroxylation sites is 1. The van der Waals surface area contributed by atoms with Gasteiger partial charge in [-0.1, -0.05) is 6.07 Å². The minimum atomic E-state index is -0.833. The van der Waals surface area contributed by atoms with Crippen LogP contribution in [0, 0.1) is 0 Å². The van der Waals surface area contributed by atoms with Crippen LogP contribution in [0.25, 0.3) is 10.9 Å². The van der Waals surface area contributed by atoms with E-state index in [1.54, 1.807) is 6.33 Å². The number of nitrogens with one attached hydrogen (secondary N) is 1.